The lowest BCUT2D eigenvalue weighted by Crippen LogP contribution is -2.03. The molecule has 2 nitrogen and oxygen atoms in total. The van der Waals surface area contributed by atoms with Gasteiger partial charge < -0.3 is 4.74 Å². The van der Waals surface area contributed by atoms with Crippen LogP contribution >= 0.6 is 0 Å². The molecular formula is C14H18O2. The molecule has 0 atom stereocenters. The molecule has 0 aliphatic heterocycles. The molecule has 0 spiro atoms. The number of allylic oxidation sites excluding steroid dienone is 1. The van der Waals surface area contributed by atoms with Crippen molar-refractivity contribution in [2.45, 2.75) is 33.1 Å². The Morgan fingerprint density at radius 2 is 2.00 bits per heavy atom. The van der Waals surface area contributed by atoms with Crippen LogP contribution < -0.4 is 4.74 Å². The van der Waals surface area contributed by atoms with Gasteiger partial charge in [-0.2, -0.15) is 0 Å². The standard InChI is InChI=1S/C14H18O2/c1-3-4-5-6-7-14(15)16-13-10-8-12(2)9-11-13/h6-11H,3-5H2,1-2H3/b7-6+. The zero-order valence-electron chi connectivity index (χ0n) is 9.90. The molecule has 0 amide bonds. The number of benzene rings is 1. The fourth-order valence-electron chi connectivity index (χ4n) is 1.26. The number of rotatable bonds is 5. The minimum absolute atomic E-state index is 0.306. The molecule has 1 aromatic carbocycles. The van der Waals surface area contributed by atoms with E-state index in [0.717, 1.165) is 24.8 Å². The van der Waals surface area contributed by atoms with Gasteiger partial charge >= 0.3 is 5.97 Å². The second-order valence-corrected chi connectivity index (χ2v) is 3.78. The maximum absolute atomic E-state index is 11.4. The molecule has 16 heavy (non-hydrogen) atoms. The van der Waals surface area contributed by atoms with Crippen LogP contribution in [0.5, 0.6) is 5.75 Å². The van der Waals surface area contributed by atoms with E-state index in [1.807, 2.05) is 25.1 Å². The topological polar surface area (TPSA) is 26.3 Å². The summed E-state index contributed by atoms with van der Waals surface area (Å²) in [7, 11) is 0. The highest BCUT2D eigenvalue weighted by atomic mass is 16.5. The van der Waals surface area contributed by atoms with E-state index in [1.54, 1.807) is 12.1 Å². The number of esters is 1. The van der Waals surface area contributed by atoms with E-state index in [-0.39, 0.29) is 5.97 Å². The molecule has 0 unspecified atom stereocenters. The summed E-state index contributed by atoms with van der Waals surface area (Å²) in [6, 6.07) is 7.44. The fourth-order valence-corrected chi connectivity index (χ4v) is 1.26. The highest BCUT2D eigenvalue weighted by molar-refractivity contribution is 5.83. The van der Waals surface area contributed by atoms with Crippen molar-refractivity contribution in [2.75, 3.05) is 0 Å². The van der Waals surface area contributed by atoms with Gasteiger partial charge in [0.05, 0.1) is 0 Å². The molecule has 0 radical (unpaired) electrons. The van der Waals surface area contributed by atoms with Crippen molar-refractivity contribution in [3.63, 3.8) is 0 Å². The van der Waals surface area contributed by atoms with Gasteiger partial charge in [-0.3, -0.25) is 0 Å². The van der Waals surface area contributed by atoms with Crippen LogP contribution in [0.3, 0.4) is 0 Å². The predicted octanol–water partition coefficient (Wildman–Crippen LogP) is 3.65. The second-order valence-electron chi connectivity index (χ2n) is 3.78. The van der Waals surface area contributed by atoms with Crippen molar-refractivity contribution >= 4 is 5.97 Å². The molecule has 0 aliphatic carbocycles. The summed E-state index contributed by atoms with van der Waals surface area (Å²) >= 11 is 0. The van der Waals surface area contributed by atoms with Gasteiger partial charge in [0, 0.05) is 6.08 Å². The predicted molar refractivity (Wildman–Crippen MR) is 65.5 cm³/mol. The van der Waals surface area contributed by atoms with Crippen molar-refractivity contribution in [3.05, 3.63) is 42.0 Å². The van der Waals surface area contributed by atoms with Gasteiger partial charge in [-0.1, -0.05) is 43.5 Å². The second kappa shape index (κ2) is 6.83. The number of hydrogen-bond acceptors (Lipinski definition) is 2. The number of unbranched alkanes of at least 4 members (excludes halogenated alkanes) is 2. The zero-order chi connectivity index (χ0) is 11.8. The SMILES string of the molecule is CCCC/C=C/C(=O)Oc1ccc(C)cc1. The molecule has 0 saturated heterocycles. The van der Waals surface area contributed by atoms with E-state index in [0.29, 0.717) is 5.75 Å². The number of carbonyl (C=O) groups excluding carboxylic acids is 1. The number of hydrogen-bond donors (Lipinski definition) is 0. The van der Waals surface area contributed by atoms with Gasteiger partial charge in [0.15, 0.2) is 0 Å². The third-order valence-corrected chi connectivity index (χ3v) is 2.22. The Bertz CT molecular complexity index is 350. The molecule has 0 N–H and O–H groups in total. The lowest BCUT2D eigenvalue weighted by atomic mass is 10.2. The van der Waals surface area contributed by atoms with Crippen LogP contribution in [-0.2, 0) is 4.79 Å². The first-order valence-electron chi connectivity index (χ1n) is 5.67. The Balaban J connectivity index is 2.39. The third-order valence-electron chi connectivity index (χ3n) is 2.22. The number of carbonyl (C=O) groups is 1. The number of aryl methyl sites for hydroxylation is 1. The van der Waals surface area contributed by atoms with Crippen LogP contribution in [0.25, 0.3) is 0 Å². The van der Waals surface area contributed by atoms with Crippen molar-refractivity contribution in [3.8, 4) is 5.75 Å². The highest BCUT2D eigenvalue weighted by Gasteiger charge is 1.98. The highest BCUT2D eigenvalue weighted by Crippen LogP contribution is 2.11. The first kappa shape index (κ1) is 12.5. The minimum atomic E-state index is -0.306. The van der Waals surface area contributed by atoms with Crippen LogP contribution in [0.1, 0.15) is 31.7 Å². The molecule has 0 fully saturated rings. The van der Waals surface area contributed by atoms with E-state index in [9.17, 15) is 4.79 Å². The Morgan fingerprint density at radius 3 is 2.62 bits per heavy atom. The van der Waals surface area contributed by atoms with Crippen molar-refractivity contribution < 1.29 is 9.53 Å². The monoisotopic (exact) mass is 218 g/mol. The molecule has 2 heteroatoms. The normalized spacial score (nSPS) is 10.6. The molecule has 0 heterocycles. The van der Waals surface area contributed by atoms with Crippen molar-refractivity contribution in [1.29, 1.82) is 0 Å². The van der Waals surface area contributed by atoms with Gasteiger partial charge in [-0.25, -0.2) is 4.79 Å². The summed E-state index contributed by atoms with van der Waals surface area (Å²) in [4.78, 5) is 11.4. The Kier molecular flexibility index (Phi) is 5.34. The average molecular weight is 218 g/mol. The zero-order valence-corrected chi connectivity index (χ0v) is 9.90. The van der Waals surface area contributed by atoms with Gasteiger partial charge in [-0.05, 0) is 25.5 Å². The van der Waals surface area contributed by atoms with E-state index in [1.165, 1.54) is 6.08 Å². The Morgan fingerprint density at radius 1 is 1.31 bits per heavy atom. The summed E-state index contributed by atoms with van der Waals surface area (Å²) in [6.07, 6.45) is 6.53. The molecule has 0 aliphatic rings. The molecule has 0 bridgehead atoms. The van der Waals surface area contributed by atoms with Crippen molar-refractivity contribution in [2.24, 2.45) is 0 Å². The minimum Gasteiger partial charge on any atom is -0.423 e. The summed E-state index contributed by atoms with van der Waals surface area (Å²) in [5.74, 6) is 0.288. The van der Waals surface area contributed by atoms with E-state index in [4.69, 9.17) is 4.74 Å². The first-order valence-corrected chi connectivity index (χ1v) is 5.67. The van der Waals surface area contributed by atoms with Crippen LogP contribution in [0, 0.1) is 6.92 Å². The molecule has 86 valence electrons. The van der Waals surface area contributed by atoms with Crippen LogP contribution in [-0.4, -0.2) is 5.97 Å². The largest absolute Gasteiger partial charge is 0.423 e. The first-order chi connectivity index (χ1) is 7.72. The Labute approximate surface area is 96.9 Å². The lowest BCUT2D eigenvalue weighted by Gasteiger charge is -2.00. The summed E-state index contributed by atoms with van der Waals surface area (Å²) < 4.78 is 5.12. The van der Waals surface area contributed by atoms with E-state index >= 15 is 0 Å². The van der Waals surface area contributed by atoms with Crippen LogP contribution in [0.2, 0.25) is 0 Å². The van der Waals surface area contributed by atoms with E-state index in [2.05, 4.69) is 6.92 Å². The van der Waals surface area contributed by atoms with Crippen molar-refractivity contribution in [1.82, 2.24) is 0 Å². The average Bonchev–Trinajstić information content (AvgIpc) is 2.28. The maximum Gasteiger partial charge on any atom is 0.335 e. The smallest absolute Gasteiger partial charge is 0.335 e. The quantitative estimate of drug-likeness (QED) is 0.326. The van der Waals surface area contributed by atoms with Gasteiger partial charge in [0.25, 0.3) is 0 Å². The Hall–Kier alpha value is -1.57. The third kappa shape index (κ3) is 4.78. The maximum atomic E-state index is 11.4. The van der Waals surface area contributed by atoms with Gasteiger partial charge in [-0.15, -0.1) is 0 Å². The summed E-state index contributed by atoms with van der Waals surface area (Å²) in [6.45, 7) is 4.12. The van der Waals surface area contributed by atoms with Gasteiger partial charge in [0.2, 0.25) is 0 Å². The molecule has 0 saturated carbocycles. The molecule has 0 aromatic heterocycles. The summed E-state index contributed by atoms with van der Waals surface area (Å²) in [5, 5.41) is 0. The summed E-state index contributed by atoms with van der Waals surface area (Å²) in [5.41, 5.74) is 1.15. The molecule has 1 aromatic rings. The number of ether oxygens (including phenoxy) is 1. The molecule has 1 rings (SSSR count). The van der Waals surface area contributed by atoms with E-state index < -0.39 is 0 Å². The molecular weight excluding hydrogens is 200 g/mol. The van der Waals surface area contributed by atoms with Crippen LogP contribution in [0.15, 0.2) is 36.4 Å². The van der Waals surface area contributed by atoms with Crippen LogP contribution in [0.4, 0.5) is 0 Å². The fraction of sp³-hybridized carbons (Fsp3) is 0.357. The lowest BCUT2D eigenvalue weighted by molar-refractivity contribution is -0.129. The van der Waals surface area contributed by atoms with Gasteiger partial charge in [0.1, 0.15) is 5.75 Å².